The molecule has 0 fully saturated rings. The van der Waals surface area contributed by atoms with Gasteiger partial charge in [0.05, 0.1) is 12.3 Å². The molecule has 2 rings (SSSR count). The predicted octanol–water partition coefficient (Wildman–Crippen LogP) is 3.57. The van der Waals surface area contributed by atoms with Crippen molar-refractivity contribution in [3.05, 3.63) is 52.1 Å². The summed E-state index contributed by atoms with van der Waals surface area (Å²) >= 11 is 3.35. The largest absolute Gasteiger partial charge is 0.396 e. The zero-order valence-corrected chi connectivity index (χ0v) is 13.0. The lowest BCUT2D eigenvalue weighted by atomic mass is 10.1. The van der Waals surface area contributed by atoms with E-state index >= 15 is 0 Å². The lowest BCUT2D eigenvalue weighted by Gasteiger charge is -2.12. The van der Waals surface area contributed by atoms with Crippen molar-refractivity contribution in [3.63, 3.8) is 0 Å². The summed E-state index contributed by atoms with van der Waals surface area (Å²) in [4.78, 5) is 4.27. The Kier molecular flexibility index (Phi) is 5.38. The molecule has 106 valence electrons. The number of aromatic nitrogens is 1. The number of ether oxygens (including phenoxy) is 1. The first-order chi connectivity index (χ1) is 9.70. The summed E-state index contributed by atoms with van der Waals surface area (Å²) in [6.07, 6.45) is 1.73. The van der Waals surface area contributed by atoms with E-state index in [1.54, 1.807) is 6.20 Å². The molecule has 0 unspecified atom stereocenters. The summed E-state index contributed by atoms with van der Waals surface area (Å²) in [7, 11) is 0. The summed E-state index contributed by atoms with van der Waals surface area (Å²) in [5, 5.41) is 3.26. The molecular formula is C15H18BrN3O. The number of nitrogens with one attached hydrogen (secondary N) is 1. The van der Waals surface area contributed by atoms with E-state index in [1.165, 1.54) is 11.1 Å². The van der Waals surface area contributed by atoms with Crippen LogP contribution in [-0.4, -0.2) is 11.6 Å². The van der Waals surface area contributed by atoms with Gasteiger partial charge in [-0.15, -0.1) is 0 Å². The van der Waals surface area contributed by atoms with Gasteiger partial charge in [0.15, 0.2) is 0 Å². The lowest BCUT2D eigenvalue weighted by molar-refractivity contribution is 0.133. The van der Waals surface area contributed by atoms with E-state index in [0.29, 0.717) is 31.3 Å². The van der Waals surface area contributed by atoms with Gasteiger partial charge in [-0.2, -0.15) is 0 Å². The second-order valence-corrected chi connectivity index (χ2v) is 5.27. The molecule has 5 heteroatoms. The highest BCUT2D eigenvalue weighted by atomic mass is 79.9. The number of hydrogen-bond donors (Lipinski definition) is 2. The molecule has 0 aliphatic heterocycles. The molecule has 0 amide bonds. The standard InChI is InChI=1S/C15H18BrN3O/c1-2-20-10-12-6-4-3-5-11(12)8-18-15-14(17)7-13(16)9-19-15/h3-7,9H,2,8,10,17H2,1H3,(H,18,19). The van der Waals surface area contributed by atoms with Crippen molar-refractivity contribution in [1.82, 2.24) is 4.98 Å². The molecule has 0 atom stereocenters. The maximum atomic E-state index is 5.92. The van der Waals surface area contributed by atoms with Gasteiger partial charge in [-0.1, -0.05) is 24.3 Å². The average molecular weight is 336 g/mol. The maximum absolute atomic E-state index is 5.92. The van der Waals surface area contributed by atoms with E-state index in [-0.39, 0.29) is 0 Å². The number of halogens is 1. The van der Waals surface area contributed by atoms with Gasteiger partial charge in [0.1, 0.15) is 5.82 Å². The Bertz CT molecular complexity index is 575. The lowest BCUT2D eigenvalue weighted by Crippen LogP contribution is -2.07. The number of benzene rings is 1. The van der Waals surface area contributed by atoms with Crippen molar-refractivity contribution >= 4 is 27.4 Å². The van der Waals surface area contributed by atoms with Gasteiger partial charge in [-0.05, 0) is 40.0 Å². The molecular weight excluding hydrogens is 318 g/mol. The highest BCUT2D eigenvalue weighted by molar-refractivity contribution is 9.10. The van der Waals surface area contributed by atoms with E-state index in [2.05, 4.69) is 38.4 Å². The van der Waals surface area contributed by atoms with Crippen molar-refractivity contribution in [2.45, 2.75) is 20.1 Å². The highest BCUT2D eigenvalue weighted by Gasteiger charge is 2.04. The summed E-state index contributed by atoms with van der Waals surface area (Å²) in [5.41, 5.74) is 8.91. The molecule has 0 saturated heterocycles. The smallest absolute Gasteiger partial charge is 0.149 e. The number of pyridine rings is 1. The normalized spacial score (nSPS) is 10.5. The molecule has 4 nitrogen and oxygen atoms in total. The molecule has 2 aromatic rings. The van der Waals surface area contributed by atoms with Gasteiger partial charge >= 0.3 is 0 Å². The molecule has 1 aromatic heterocycles. The van der Waals surface area contributed by atoms with Crippen molar-refractivity contribution in [2.75, 3.05) is 17.7 Å². The number of nitrogens with zero attached hydrogens (tertiary/aromatic N) is 1. The first-order valence-electron chi connectivity index (χ1n) is 6.50. The summed E-state index contributed by atoms with van der Waals surface area (Å²) in [6, 6.07) is 10.0. The fraction of sp³-hybridized carbons (Fsp3) is 0.267. The molecule has 0 aliphatic carbocycles. The molecule has 3 N–H and O–H groups in total. The van der Waals surface area contributed by atoms with Gasteiger partial charge in [-0.3, -0.25) is 0 Å². The molecule has 0 radical (unpaired) electrons. The maximum Gasteiger partial charge on any atom is 0.149 e. The Morgan fingerprint density at radius 3 is 2.75 bits per heavy atom. The predicted molar refractivity (Wildman–Crippen MR) is 85.4 cm³/mol. The van der Waals surface area contributed by atoms with Crippen molar-refractivity contribution < 1.29 is 4.74 Å². The SMILES string of the molecule is CCOCc1ccccc1CNc1ncc(Br)cc1N. The fourth-order valence-corrected chi connectivity index (χ4v) is 2.21. The third kappa shape index (κ3) is 3.95. The third-order valence-corrected chi connectivity index (χ3v) is 3.34. The number of nitrogens with two attached hydrogens (primary N) is 1. The van der Waals surface area contributed by atoms with E-state index < -0.39 is 0 Å². The second kappa shape index (κ2) is 7.26. The van der Waals surface area contributed by atoms with Crippen LogP contribution in [0, 0.1) is 0 Å². The van der Waals surface area contributed by atoms with Crippen LogP contribution in [0.2, 0.25) is 0 Å². The Balaban J connectivity index is 2.06. The van der Waals surface area contributed by atoms with Crippen LogP contribution in [0.25, 0.3) is 0 Å². The van der Waals surface area contributed by atoms with Crippen LogP contribution >= 0.6 is 15.9 Å². The number of rotatable bonds is 6. The summed E-state index contributed by atoms with van der Waals surface area (Å²) in [5.74, 6) is 0.694. The molecule has 0 bridgehead atoms. The van der Waals surface area contributed by atoms with E-state index in [9.17, 15) is 0 Å². The topological polar surface area (TPSA) is 60.2 Å². The first kappa shape index (κ1) is 14.8. The average Bonchev–Trinajstić information content (AvgIpc) is 2.45. The van der Waals surface area contributed by atoms with Crippen LogP contribution in [0.4, 0.5) is 11.5 Å². The minimum absolute atomic E-state index is 0.623. The quantitative estimate of drug-likeness (QED) is 0.847. The van der Waals surface area contributed by atoms with Crippen molar-refractivity contribution in [1.29, 1.82) is 0 Å². The van der Waals surface area contributed by atoms with Gasteiger partial charge in [0.25, 0.3) is 0 Å². The van der Waals surface area contributed by atoms with E-state index in [4.69, 9.17) is 10.5 Å². The van der Waals surface area contributed by atoms with Crippen molar-refractivity contribution in [3.8, 4) is 0 Å². The van der Waals surface area contributed by atoms with Crippen LogP contribution < -0.4 is 11.1 Å². The minimum Gasteiger partial charge on any atom is -0.396 e. The number of hydrogen-bond acceptors (Lipinski definition) is 4. The van der Waals surface area contributed by atoms with Gasteiger partial charge < -0.3 is 15.8 Å². The molecule has 1 heterocycles. The highest BCUT2D eigenvalue weighted by Crippen LogP contribution is 2.21. The second-order valence-electron chi connectivity index (χ2n) is 4.35. The number of nitrogen functional groups attached to an aromatic ring is 1. The zero-order valence-electron chi connectivity index (χ0n) is 11.4. The third-order valence-electron chi connectivity index (χ3n) is 2.91. The van der Waals surface area contributed by atoms with Crippen LogP contribution in [0.1, 0.15) is 18.1 Å². The van der Waals surface area contributed by atoms with Crippen LogP contribution in [-0.2, 0) is 17.9 Å². The van der Waals surface area contributed by atoms with Crippen LogP contribution in [0.5, 0.6) is 0 Å². The number of anilines is 2. The Labute approximate surface area is 127 Å². The minimum atomic E-state index is 0.623. The Hall–Kier alpha value is -1.59. The summed E-state index contributed by atoms with van der Waals surface area (Å²) < 4.78 is 6.35. The monoisotopic (exact) mass is 335 g/mol. The van der Waals surface area contributed by atoms with Gasteiger partial charge in [-0.25, -0.2) is 4.98 Å². The van der Waals surface area contributed by atoms with Gasteiger partial charge in [0, 0.05) is 23.8 Å². The van der Waals surface area contributed by atoms with Crippen LogP contribution in [0.3, 0.4) is 0 Å². The van der Waals surface area contributed by atoms with Crippen LogP contribution in [0.15, 0.2) is 41.0 Å². The summed E-state index contributed by atoms with van der Waals surface area (Å²) in [6.45, 7) is 4.00. The Morgan fingerprint density at radius 1 is 1.30 bits per heavy atom. The molecule has 0 spiro atoms. The first-order valence-corrected chi connectivity index (χ1v) is 7.29. The molecule has 1 aromatic carbocycles. The van der Waals surface area contributed by atoms with Crippen molar-refractivity contribution in [2.24, 2.45) is 0 Å². The fourth-order valence-electron chi connectivity index (χ4n) is 1.86. The van der Waals surface area contributed by atoms with Gasteiger partial charge in [0.2, 0.25) is 0 Å². The molecule has 0 saturated carbocycles. The zero-order chi connectivity index (χ0) is 14.4. The molecule has 20 heavy (non-hydrogen) atoms. The Morgan fingerprint density at radius 2 is 2.05 bits per heavy atom. The van der Waals surface area contributed by atoms with E-state index in [0.717, 1.165) is 4.47 Å². The molecule has 0 aliphatic rings. The van der Waals surface area contributed by atoms with E-state index in [1.807, 2.05) is 25.1 Å².